The van der Waals surface area contributed by atoms with Gasteiger partial charge in [-0.15, -0.1) is 0 Å². The first-order valence-corrected chi connectivity index (χ1v) is 6.50. The first-order chi connectivity index (χ1) is 8.15. The second-order valence-corrected chi connectivity index (χ2v) is 5.11. The van der Waals surface area contributed by atoms with E-state index in [2.05, 4.69) is 27.3 Å². The first kappa shape index (κ1) is 14.0. The van der Waals surface area contributed by atoms with E-state index in [1.54, 1.807) is 6.07 Å². The van der Waals surface area contributed by atoms with E-state index in [9.17, 15) is 0 Å². The molecule has 92 valence electrons. The molecule has 0 fully saturated rings. The highest BCUT2D eigenvalue weighted by Gasteiger charge is 2.01. The molecular weight excluding hydrogens is 280 g/mol. The number of benzene rings is 1. The summed E-state index contributed by atoms with van der Waals surface area (Å²) in [6.07, 6.45) is 2.01. The van der Waals surface area contributed by atoms with Crippen LogP contribution in [-0.2, 0) is 0 Å². The number of aliphatic hydroxyl groups excluding tert-OH is 1. The summed E-state index contributed by atoms with van der Waals surface area (Å²) in [5, 5.41) is 21.0. The second kappa shape index (κ2) is 7.31. The Morgan fingerprint density at radius 2 is 2.24 bits per heavy atom. The van der Waals surface area contributed by atoms with Crippen LogP contribution in [0.2, 0.25) is 0 Å². The van der Waals surface area contributed by atoms with Crippen LogP contribution in [0, 0.1) is 17.2 Å². The van der Waals surface area contributed by atoms with Crippen molar-refractivity contribution in [2.24, 2.45) is 5.92 Å². The fourth-order valence-electron chi connectivity index (χ4n) is 1.53. The number of halogens is 1. The summed E-state index contributed by atoms with van der Waals surface area (Å²) in [6.45, 7) is 3.13. The SMILES string of the molecule is CC(CO)CCCNc1cc(Br)cc(C#N)c1. The number of nitriles is 1. The van der Waals surface area contributed by atoms with Gasteiger partial charge in [0.2, 0.25) is 0 Å². The highest BCUT2D eigenvalue weighted by molar-refractivity contribution is 9.10. The molecule has 4 heteroatoms. The third-order valence-corrected chi connectivity index (χ3v) is 3.00. The highest BCUT2D eigenvalue weighted by Crippen LogP contribution is 2.19. The molecule has 0 saturated carbocycles. The number of nitrogens with one attached hydrogen (secondary N) is 1. The number of nitrogens with zero attached hydrogens (tertiary/aromatic N) is 1. The molecule has 0 radical (unpaired) electrons. The van der Waals surface area contributed by atoms with Gasteiger partial charge in [0.05, 0.1) is 11.6 Å². The summed E-state index contributed by atoms with van der Waals surface area (Å²) in [5.74, 6) is 0.356. The van der Waals surface area contributed by atoms with Gasteiger partial charge in [-0.3, -0.25) is 0 Å². The van der Waals surface area contributed by atoms with Crippen molar-refractivity contribution in [1.82, 2.24) is 0 Å². The van der Waals surface area contributed by atoms with Gasteiger partial charge in [0.15, 0.2) is 0 Å². The molecule has 0 aliphatic rings. The summed E-state index contributed by atoms with van der Waals surface area (Å²) in [4.78, 5) is 0. The maximum atomic E-state index is 8.89. The number of aliphatic hydroxyl groups is 1. The molecule has 0 amide bonds. The summed E-state index contributed by atoms with van der Waals surface area (Å²) in [6, 6.07) is 7.70. The maximum Gasteiger partial charge on any atom is 0.0992 e. The lowest BCUT2D eigenvalue weighted by Gasteiger charge is -2.09. The third-order valence-electron chi connectivity index (χ3n) is 2.54. The predicted octanol–water partition coefficient (Wildman–Crippen LogP) is 3.14. The van der Waals surface area contributed by atoms with Crippen LogP contribution in [0.4, 0.5) is 5.69 Å². The lowest BCUT2D eigenvalue weighted by Crippen LogP contribution is -2.06. The molecule has 0 saturated heterocycles. The van der Waals surface area contributed by atoms with Gasteiger partial charge in [0.25, 0.3) is 0 Å². The van der Waals surface area contributed by atoms with Gasteiger partial charge in [0, 0.05) is 23.3 Å². The smallest absolute Gasteiger partial charge is 0.0992 e. The third kappa shape index (κ3) is 5.20. The van der Waals surface area contributed by atoms with Gasteiger partial charge in [-0.1, -0.05) is 22.9 Å². The lowest BCUT2D eigenvalue weighted by atomic mass is 10.1. The molecule has 3 nitrogen and oxygen atoms in total. The van der Waals surface area contributed by atoms with E-state index in [0.29, 0.717) is 11.5 Å². The van der Waals surface area contributed by atoms with Gasteiger partial charge in [-0.2, -0.15) is 5.26 Å². The molecule has 0 spiro atoms. The van der Waals surface area contributed by atoms with Gasteiger partial charge in [-0.25, -0.2) is 0 Å². The Kier molecular flexibility index (Phi) is 6.03. The van der Waals surface area contributed by atoms with Crippen molar-refractivity contribution in [2.45, 2.75) is 19.8 Å². The van der Waals surface area contributed by atoms with E-state index in [-0.39, 0.29) is 6.61 Å². The molecule has 2 N–H and O–H groups in total. The average molecular weight is 297 g/mol. The van der Waals surface area contributed by atoms with Crippen LogP contribution in [0.3, 0.4) is 0 Å². The van der Waals surface area contributed by atoms with Crippen LogP contribution in [0.15, 0.2) is 22.7 Å². The predicted molar refractivity (Wildman–Crippen MR) is 72.8 cm³/mol. The normalized spacial score (nSPS) is 11.9. The average Bonchev–Trinajstić information content (AvgIpc) is 2.33. The monoisotopic (exact) mass is 296 g/mol. The van der Waals surface area contributed by atoms with Crippen molar-refractivity contribution >= 4 is 21.6 Å². The van der Waals surface area contributed by atoms with Crippen LogP contribution >= 0.6 is 15.9 Å². The molecule has 0 bridgehead atoms. The number of rotatable bonds is 6. The van der Waals surface area contributed by atoms with Crippen LogP contribution in [0.5, 0.6) is 0 Å². The molecule has 1 aromatic rings. The fraction of sp³-hybridized carbons (Fsp3) is 0.462. The molecule has 1 atom stereocenters. The van der Waals surface area contributed by atoms with Crippen molar-refractivity contribution in [3.05, 3.63) is 28.2 Å². The summed E-state index contributed by atoms with van der Waals surface area (Å²) < 4.78 is 0.905. The van der Waals surface area contributed by atoms with E-state index < -0.39 is 0 Å². The summed E-state index contributed by atoms with van der Waals surface area (Å²) >= 11 is 3.37. The number of anilines is 1. The van der Waals surface area contributed by atoms with Crippen LogP contribution in [0.25, 0.3) is 0 Å². The summed E-state index contributed by atoms with van der Waals surface area (Å²) in [7, 11) is 0. The highest BCUT2D eigenvalue weighted by atomic mass is 79.9. The minimum Gasteiger partial charge on any atom is -0.396 e. The zero-order valence-corrected chi connectivity index (χ0v) is 11.5. The van der Waals surface area contributed by atoms with Gasteiger partial charge >= 0.3 is 0 Å². The summed E-state index contributed by atoms with van der Waals surface area (Å²) in [5.41, 5.74) is 1.60. The fourth-order valence-corrected chi connectivity index (χ4v) is 2.02. The standard InChI is InChI=1S/C13H17BrN2O/c1-10(9-17)3-2-4-16-13-6-11(8-15)5-12(14)7-13/h5-7,10,16-17H,2-4,9H2,1H3. The molecule has 1 aromatic carbocycles. The largest absolute Gasteiger partial charge is 0.396 e. The molecular formula is C13H17BrN2O. The van der Waals surface area contributed by atoms with E-state index in [1.165, 1.54) is 0 Å². The molecule has 1 unspecified atom stereocenters. The molecule has 0 heterocycles. The second-order valence-electron chi connectivity index (χ2n) is 4.20. The molecule has 0 aliphatic carbocycles. The van der Waals surface area contributed by atoms with Crippen LogP contribution < -0.4 is 5.32 Å². The Labute approximate surface area is 111 Å². The Morgan fingerprint density at radius 3 is 2.88 bits per heavy atom. The topological polar surface area (TPSA) is 56.0 Å². The van der Waals surface area contributed by atoms with Crippen LogP contribution in [0.1, 0.15) is 25.3 Å². The van der Waals surface area contributed by atoms with Gasteiger partial charge in [-0.05, 0) is 37.0 Å². The van der Waals surface area contributed by atoms with Crippen molar-refractivity contribution in [2.75, 3.05) is 18.5 Å². The Morgan fingerprint density at radius 1 is 1.47 bits per heavy atom. The minimum atomic E-state index is 0.246. The molecule has 17 heavy (non-hydrogen) atoms. The van der Waals surface area contributed by atoms with Gasteiger partial charge in [0.1, 0.15) is 0 Å². The number of hydrogen-bond acceptors (Lipinski definition) is 3. The van der Waals surface area contributed by atoms with Gasteiger partial charge < -0.3 is 10.4 Å². The quantitative estimate of drug-likeness (QED) is 0.793. The van der Waals surface area contributed by atoms with Crippen molar-refractivity contribution < 1.29 is 5.11 Å². The molecule has 0 aromatic heterocycles. The van der Waals surface area contributed by atoms with E-state index in [4.69, 9.17) is 10.4 Å². The van der Waals surface area contributed by atoms with Crippen molar-refractivity contribution in [3.63, 3.8) is 0 Å². The minimum absolute atomic E-state index is 0.246. The Hall–Kier alpha value is -1.05. The van der Waals surface area contributed by atoms with Crippen LogP contribution in [-0.4, -0.2) is 18.3 Å². The zero-order valence-electron chi connectivity index (χ0n) is 9.91. The van der Waals surface area contributed by atoms with Crippen molar-refractivity contribution in [3.8, 4) is 6.07 Å². The van der Waals surface area contributed by atoms with E-state index >= 15 is 0 Å². The van der Waals surface area contributed by atoms with E-state index in [0.717, 1.165) is 29.5 Å². The molecule has 0 aliphatic heterocycles. The van der Waals surface area contributed by atoms with Crippen molar-refractivity contribution in [1.29, 1.82) is 5.26 Å². The maximum absolute atomic E-state index is 8.89. The zero-order chi connectivity index (χ0) is 12.7. The first-order valence-electron chi connectivity index (χ1n) is 5.71. The number of hydrogen-bond donors (Lipinski definition) is 2. The molecule has 1 rings (SSSR count). The Balaban J connectivity index is 2.42. The Bertz CT molecular complexity index is 401. The van der Waals surface area contributed by atoms with E-state index in [1.807, 2.05) is 19.1 Å². The lowest BCUT2D eigenvalue weighted by molar-refractivity contribution is 0.229.